The second-order valence-corrected chi connectivity index (χ2v) is 14.2. The Kier molecular flexibility index (Phi) is 7.34. The molecule has 11 heteroatoms. The fourth-order valence-corrected chi connectivity index (χ4v) is 13.0. The van der Waals surface area contributed by atoms with Gasteiger partial charge in [0.15, 0.2) is 0 Å². The van der Waals surface area contributed by atoms with E-state index >= 15 is 17.6 Å². The molecule has 2 aliphatic carbocycles. The SMILES string of the molecule is CC(=O)Oc1cc(F)c(F)[c]([Ti]([C]2=CC=CC2)([C]2=CC=CC2)[c]2c(F)c(F)cc(OC(C)=O)c2F)c1F. The predicted molar refractivity (Wildman–Crippen MR) is 118 cm³/mol. The second-order valence-electron chi connectivity index (χ2n) is 8.30. The zero-order valence-corrected chi connectivity index (χ0v) is 21.0. The summed E-state index contributed by atoms with van der Waals surface area (Å²) >= 11 is -5.63. The van der Waals surface area contributed by atoms with Gasteiger partial charge in [-0.1, -0.05) is 0 Å². The Morgan fingerprint density at radius 3 is 1.35 bits per heavy atom. The molecule has 2 aliphatic rings. The van der Waals surface area contributed by atoms with E-state index in [0.717, 1.165) is 13.8 Å². The van der Waals surface area contributed by atoms with Gasteiger partial charge >= 0.3 is 211 Å². The van der Waals surface area contributed by atoms with E-state index in [1.807, 2.05) is 0 Å². The van der Waals surface area contributed by atoms with Crippen LogP contribution in [0.4, 0.5) is 26.3 Å². The first-order chi connectivity index (χ1) is 17.5. The number of rotatable bonds is 6. The normalized spacial score (nSPS) is 14.6. The number of benzene rings is 2. The molecule has 192 valence electrons. The van der Waals surface area contributed by atoms with Crippen molar-refractivity contribution in [2.24, 2.45) is 0 Å². The van der Waals surface area contributed by atoms with E-state index in [9.17, 15) is 18.4 Å². The van der Waals surface area contributed by atoms with Crippen LogP contribution in [0.25, 0.3) is 0 Å². The fourth-order valence-electron chi connectivity index (χ4n) is 4.70. The summed E-state index contributed by atoms with van der Waals surface area (Å²) in [5, 5.41) is 0. The van der Waals surface area contributed by atoms with Crippen molar-refractivity contribution < 1.29 is 62.0 Å². The molecule has 0 N–H and O–H groups in total. The molecular weight excluding hydrogens is 538 g/mol. The third-order valence-electron chi connectivity index (χ3n) is 6.01. The molecule has 0 atom stereocenters. The van der Waals surface area contributed by atoms with E-state index in [1.54, 1.807) is 12.2 Å². The Hall–Kier alpha value is -3.37. The van der Waals surface area contributed by atoms with E-state index < -0.39 is 82.7 Å². The quantitative estimate of drug-likeness (QED) is 0.162. The van der Waals surface area contributed by atoms with Crippen LogP contribution in [-0.4, -0.2) is 11.9 Å². The average Bonchev–Trinajstić information content (AvgIpc) is 3.54. The number of allylic oxidation sites excluding steroid dienone is 8. The monoisotopic (exact) mass is 556 g/mol. The van der Waals surface area contributed by atoms with E-state index in [0.29, 0.717) is 12.1 Å². The van der Waals surface area contributed by atoms with Gasteiger partial charge in [-0.15, -0.1) is 0 Å². The van der Waals surface area contributed by atoms with Crippen molar-refractivity contribution >= 4 is 19.7 Å². The summed E-state index contributed by atoms with van der Waals surface area (Å²) in [5.41, 5.74) is 0. The van der Waals surface area contributed by atoms with Crippen LogP contribution in [0.3, 0.4) is 0 Å². The van der Waals surface area contributed by atoms with Crippen molar-refractivity contribution in [2.45, 2.75) is 26.7 Å². The summed E-state index contributed by atoms with van der Waals surface area (Å²) < 4.78 is 101. The van der Waals surface area contributed by atoms with Crippen LogP contribution in [0.5, 0.6) is 11.5 Å². The van der Waals surface area contributed by atoms with Crippen molar-refractivity contribution in [3.63, 3.8) is 0 Å². The third kappa shape index (κ3) is 4.49. The number of esters is 2. The number of halogens is 6. The minimum absolute atomic E-state index is 0.0338. The molecule has 0 heterocycles. The Morgan fingerprint density at radius 1 is 0.676 bits per heavy atom. The van der Waals surface area contributed by atoms with Gasteiger partial charge in [-0.3, -0.25) is 0 Å². The molecule has 2 aromatic carbocycles. The number of carbonyl (C=O) groups excluding carboxylic acids is 2. The maximum absolute atomic E-state index is 16.1. The minimum atomic E-state index is -5.63. The van der Waals surface area contributed by atoms with Crippen LogP contribution < -0.4 is 17.2 Å². The van der Waals surface area contributed by atoms with Gasteiger partial charge in [-0.05, 0) is 0 Å². The van der Waals surface area contributed by atoms with Gasteiger partial charge in [0.05, 0.1) is 0 Å². The topological polar surface area (TPSA) is 52.6 Å². The first kappa shape index (κ1) is 26.7. The molecule has 0 saturated heterocycles. The molecule has 0 fully saturated rings. The van der Waals surface area contributed by atoms with Crippen LogP contribution in [0.15, 0.2) is 56.3 Å². The number of hydrogen-bond donors (Lipinski definition) is 0. The molecular formula is C26H18F6O4Ti. The van der Waals surface area contributed by atoms with Gasteiger partial charge < -0.3 is 0 Å². The Balaban J connectivity index is 2.24. The number of carbonyl (C=O) groups is 2. The van der Waals surface area contributed by atoms with Crippen molar-refractivity contribution in [3.05, 3.63) is 91.2 Å². The molecule has 0 saturated carbocycles. The zero-order chi connectivity index (χ0) is 27.1. The predicted octanol–water partition coefficient (Wildman–Crippen LogP) is 5.16. The van der Waals surface area contributed by atoms with Crippen molar-refractivity contribution in [2.75, 3.05) is 0 Å². The fraction of sp³-hybridized carbons (Fsp3) is 0.154. The van der Waals surface area contributed by atoms with Crippen molar-refractivity contribution in [1.82, 2.24) is 0 Å². The first-order valence-electron chi connectivity index (χ1n) is 10.9. The van der Waals surface area contributed by atoms with E-state index in [1.165, 1.54) is 24.3 Å². The number of hydrogen-bond acceptors (Lipinski definition) is 4. The van der Waals surface area contributed by atoms with Gasteiger partial charge in [0, 0.05) is 0 Å². The van der Waals surface area contributed by atoms with E-state index in [-0.39, 0.29) is 20.6 Å². The van der Waals surface area contributed by atoms with Gasteiger partial charge in [-0.2, -0.15) is 0 Å². The first-order valence-corrected chi connectivity index (χ1v) is 14.1. The standard InChI is InChI=1S/2C8H4F3O2.2C5H5.Ti/c2*1-4(12)13-8-3-6(10)5(9)2-7(8)11;2*1-2-4-5-3-1;/h2*3H,1H3;2*1-3H,4H2;. The summed E-state index contributed by atoms with van der Waals surface area (Å²) in [6.07, 6.45) is 8.81. The van der Waals surface area contributed by atoms with E-state index in [2.05, 4.69) is 0 Å². The molecule has 4 rings (SSSR count). The van der Waals surface area contributed by atoms with Gasteiger partial charge in [0.1, 0.15) is 0 Å². The molecule has 0 aromatic heterocycles. The Morgan fingerprint density at radius 2 is 1.05 bits per heavy atom. The molecule has 0 bridgehead atoms. The third-order valence-corrected chi connectivity index (χ3v) is 13.9. The molecule has 0 spiro atoms. The van der Waals surface area contributed by atoms with Crippen molar-refractivity contribution in [1.29, 1.82) is 0 Å². The molecule has 0 radical (unpaired) electrons. The second kappa shape index (κ2) is 10.2. The summed E-state index contributed by atoms with van der Waals surface area (Å²) in [4.78, 5) is 23.1. The van der Waals surface area contributed by atoms with E-state index in [4.69, 9.17) is 9.47 Å². The molecule has 0 amide bonds. The summed E-state index contributed by atoms with van der Waals surface area (Å²) in [6.45, 7) is 1.80. The molecule has 4 nitrogen and oxygen atoms in total. The van der Waals surface area contributed by atoms with Crippen LogP contribution in [0, 0.1) is 34.9 Å². The Bertz CT molecular complexity index is 1350. The van der Waals surface area contributed by atoms with Crippen LogP contribution in [-0.2, 0) is 26.2 Å². The summed E-state index contributed by atoms with van der Waals surface area (Å²) in [6, 6.07) is 0.626. The van der Waals surface area contributed by atoms with Crippen LogP contribution in [0.1, 0.15) is 26.7 Å². The van der Waals surface area contributed by atoms with Gasteiger partial charge in [0.25, 0.3) is 0 Å². The van der Waals surface area contributed by atoms with Crippen molar-refractivity contribution in [3.8, 4) is 11.5 Å². The van der Waals surface area contributed by atoms with Gasteiger partial charge in [0.2, 0.25) is 0 Å². The van der Waals surface area contributed by atoms with Gasteiger partial charge in [-0.25, -0.2) is 0 Å². The molecule has 0 unspecified atom stereocenters. The average molecular weight is 556 g/mol. The molecule has 37 heavy (non-hydrogen) atoms. The van der Waals surface area contributed by atoms with Crippen LogP contribution in [0.2, 0.25) is 0 Å². The molecule has 2 aromatic rings. The number of ether oxygens (including phenoxy) is 2. The zero-order valence-electron chi connectivity index (χ0n) is 19.4. The maximum atomic E-state index is 16.1. The molecule has 0 aliphatic heterocycles. The summed E-state index contributed by atoms with van der Waals surface area (Å²) in [7, 11) is 0. The Labute approximate surface area is 210 Å². The van der Waals surface area contributed by atoms with Crippen LogP contribution >= 0.6 is 0 Å². The summed E-state index contributed by atoms with van der Waals surface area (Å²) in [5.74, 6) is -14.0.